The van der Waals surface area contributed by atoms with Crippen LogP contribution in [-0.2, 0) is 11.3 Å². The van der Waals surface area contributed by atoms with Gasteiger partial charge in [0.2, 0.25) is 0 Å². The number of aromatic nitrogens is 1. The molecule has 0 bridgehead atoms. The first-order valence-electron chi connectivity index (χ1n) is 8.51. The number of fused-ring (bicyclic) bond motifs is 1. The first-order chi connectivity index (χ1) is 12.5. The smallest absolute Gasteiger partial charge is 0.340 e. The summed E-state index contributed by atoms with van der Waals surface area (Å²) >= 11 is 0. The molecule has 2 aromatic carbocycles. The maximum atomic E-state index is 12.6. The summed E-state index contributed by atoms with van der Waals surface area (Å²) in [7, 11) is 3.96. The molecule has 0 radical (unpaired) electrons. The predicted molar refractivity (Wildman–Crippen MR) is 104 cm³/mol. The van der Waals surface area contributed by atoms with Gasteiger partial charge in [0, 0.05) is 22.2 Å². The average molecular weight is 346 g/mol. The van der Waals surface area contributed by atoms with Crippen LogP contribution in [0.25, 0.3) is 10.9 Å². The van der Waals surface area contributed by atoms with Gasteiger partial charge >= 0.3 is 5.97 Å². The fraction of sp³-hybridized carbons (Fsp3) is 0.227. The Morgan fingerprint density at radius 1 is 1.15 bits per heavy atom. The van der Waals surface area contributed by atoms with Crippen LogP contribution in [0.2, 0.25) is 0 Å². The molecule has 0 aliphatic rings. The molecular weight excluding hydrogens is 324 g/mol. The number of rotatable bonds is 4. The van der Waals surface area contributed by atoms with Gasteiger partial charge in [0.1, 0.15) is 6.61 Å². The SMILES string of the molecule is Cc1[nH]c2ccc(C#CCN(C)C)cc2c1C(=O)OCc1ccccc1. The molecule has 3 aromatic rings. The Labute approximate surface area is 153 Å². The monoisotopic (exact) mass is 346 g/mol. The van der Waals surface area contributed by atoms with Crippen LogP contribution >= 0.6 is 0 Å². The van der Waals surface area contributed by atoms with Crippen molar-refractivity contribution >= 4 is 16.9 Å². The zero-order valence-electron chi connectivity index (χ0n) is 15.3. The summed E-state index contributed by atoms with van der Waals surface area (Å²) < 4.78 is 5.51. The number of aryl methyl sites for hydroxylation is 1. The maximum absolute atomic E-state index is 12.6. The fourth-order valence-electron chi connectivity index (χ4n) is 2.76. The van der Waals surface area contributed by atoms with Crippen molar-refractivity contribution < 1.29 is 9.53 Å². The lowest BCUT2D eigenvalue weighted by Gasteiger charge is -2.05. The lowest BCUT2D eigenvalue weighted by Crippen LogP contribution is -2.10. The molecule has 4 heteroatoms. The number of hydrogen-bond donors (Lipinski definition) is 1. The second-order valence-corrected chi connectivity index (χ2v) is 6.49. The second kappa shape index (κ2) is 7.90. The van der Waals surface area contributed by atoms with Gasteiger partial charge in [-0.3, -0.25) is 4.90 Å². The molecule has 1 N–H and O–H groups in total. The third-order valence-electron chi connectivity index (χ3n) is 4.03. The number of nitrogens with one attached hydrogen (secondary N) is 1. The molecule has 0 atom stereocenters. The second-order valence-electron chi connectivity index (χ2n) is 6.49. The highest BCUT2D eigenvalue weighted by Gasteiger charge is 2.17. The topological polar surface area (TPSA) is 45.3 Å². The number of esters is 1. The van der Waals surface area contributed by atoms with Crippen molar-refractivity contribution in [1.29, 1.82) is 0 Å². The summed E-state index contributed by atoms with van der Waals surface area (Å²) in [5.74, 6) is 5.94. The number of aromatic amines is 1. The zero-order chi connectivity index (χ0) is 18.5. The molecule has 0 saturated carbocycles. The van der Waals surface area contributed by atoms with E-state index in [0.29, 0.717) is 12.1 Å². The van der Waals surface area contributed by atoms with E-state index in [2.05, 4.69) is 16.8 Å². The third-order valence-corrected chi connectivity index (χ3v) is 4.03. The van der Waals surface area contributed by atoms with Crippen LogP contribution in [0.5, 0.6) is 0 Å². The maximum Gasteiger partial charge on any atom is 0.340 e. The van der Waals surface area contributed by atoms with Crippen LogP contribution in [0.1, 0.15) is 27.2 Å². The van der Waals surface area contributed by atoms with Crippen molar-refractivity contribution in [1.82, 2.24) is 9.88 Å². The minimum Gasteiger partial charge on any atom is -0.457 e. The van der Waals surface area contributed by atoms with Crippen LogP contribution in [0.15, 0.2) is 48.5 Å². The Bertz CT molecular complexity index is 976. The van der Waals surface area contributed by atoms with Gasteiger partial charge in [-0.1, -0.05) is 42.2 Å². The van der Waals surface area contributed by atoms with E-state index in [1.54, 1.807) is 0 Å². The first-order valence-corrected chi connectivity index (χ1v) is 8.51. The molecule has 0 fully saturated rings. The van der Waals surface area contributed by atoms with E-state index in [1.165, 1.54) is 0 Å². The molecule has 1 heterocycles. The fourth-order valence-corrected chi connectivity index (χ4v) is 2.76. The normalized spacial score (nSPS) is 10.6. The van der Waals surface area contributed by atoms with Crippen molar-refractivity contribution in [2.45, 2.75) is 13.5 Å². The number of ether oxygens (including phenoxy) is 1. The molecule has 4 nitrogen and oxygen atoms in total. The van der Waals surface area contributed by atoms with Gasteiger partial charge in [0.25, 0.3) is 0 Å². The first kappa shape index (κ1) is 17.8. The molecule has 0 amide bonds. The van der Waals surface area contributed by atoms with Crippen molar-refractivity contribution in [2.75, 3.05) is 20.6 Å². The number of hydrogen-bond acceptors (Lipinski definition) is 3. The van der Waals surface area contributed by atoms with Crippen molar-refractivity contribution in [3.05, 3.63) is 70.9 Å². The Balaban J connectivity index is 1.85. The van der Waals surface area contributed by atoms with Gasteiger partial charge in [0.15, 0.2) is 0 Å². The van der Waals surface area contributed by atoms with E-state index in [-0.39, 0.29) is 12.6 Å². The van der Waals surface area contributed by atoms with E-state index in [1.807, 2.05) is 74.4 Å². The molecule has 1 aromatic heterocycles. The average Bonchev–Trinajstić information content (AvgIpc) is 2.95. The Hall–Kier alpha value is -3.03. The molecule has 0 spiro atoms. The van der Waals surface area contributed by atoms with Crippen LogP contribution in [0.4, 0.5) is 0 Å². The van der Waals surface area contributed by atoms with Crippen LogP contribution in [-0.4, -0.2) is 36.5 Å². The van der Waals surface area contributed by atoms with Gasteiger partial charge in [-0.25, -0.2) is 4.79 Å². The van der Waals surface area contributed by atoms with Gasteiger partial charge < -0.3 is 9.72 Å². The van der Waals surface area contributed by atoms with Gasteiger partial charge in [0.05, 0.1) is 12.1 Å². The predicted octanol–water partition coefficient (Wildman–Crippen LogP) is 3.75. The van der Waals surface area contributed by atoms with E-state index >= 15 is 0 Å². The highest BCUT2D eigenvalue weighted by Crippen LogP contribution is 2.24. The molecule has 0 saturated heterocycles. The lowest BCUT2D eigenvalue weighted by molar-refractivity contribution is 0.0474. The molecule has 0 aliphatic carbocycles. The van der Waals surface area contributed by atoms with E-state index in [0.717, 1.165) is 27.7 Å². The number of H-pyrrole nitrogens is 1. The molecule has 0 aliphatic heterocycles. The van der Waals surface area contributed by atoms with E-state index in [4.69, 9.17) is 4.74 Å². The molecule has 26 heavy (non-hydrogen) atoms. The lowest BCUT2D eigenvalue weighted by atomic mass is 10.1. The molecular formula is C22H22N2O2. The van der Waals surface area contributed by atoms with Crippen LogP contribution < -0.4 is 0 Å². The quantitative estimate of drug-likeness (QED) is 0.578. The number of carbonyl (C=O) groups is 1. The Morgan fingerprint density at radius 3 is 2.65 bits per heavy atom. The standard InChI is InChI=1S/C22H22N2O2/c1-16-21(22(25)26-15-18-8-5-4-6-9-18)19-14-17(10-7-13-24(2)3)11-12-20(19)23-16/h4-6,8-9,11-12,14,23H,13,15H2,1-3H3. The van der Waals surface area contributed by atoms with Crippen LogP contribution in [0, 0.1) is 18.8 Å². The zero-order valence-corrected chi connectivity index (χ0v) is 15.3. The summed E-state index contributed by atoms with van der Waals surface area (Å²) in [6.07, 6.45) is 0. The van der Waals surface area contributed by atoms with Gasteiger partial charge in [-0.2, -0.15) is 0 Å². The molecule has 0 unspecified atom stereocenters. The minimum absolute atomic E-state index is 0.258. The summed E-state index contributed by atoms with van der Waals surface area (Å²) in [5.41, 5.74) is 4.14. The minimum atomic E-state index is -0.323. The Morgan fingerprint density at radius 2 is 1.92 bits per heavy atom. The van der Waals surface area contributed by atoms with Crippen molar-refractivity contribution in [2.24, 2.45) is 0 Å². The number of carbonyl (C=O) groups excluding carboxylic acids is 1. The largest absolute Gasteiger partial charge is 0.457 e. The van der Waals surface area contributed by atoms with E-state index < -0.39 is 0 Å². The summed E-state index contributed by atoms with van der Waals surface area (Å²) in [6.45, 7) is 2.83. The number of nitrogens with zero attached hydrogens (tertiary/aromatic N) is 1. The third kappa shape index (κ3) is 4.14. The number of benzene rings is 2. The molecule has 3 rings (SSSR count). The molecule has 132 valence electrons. The van der Waals surface area contributed by atoms with E-state index in [9.17, 15) is 4.79 Å². The van der Waals surface area contributed by atoms with Gasteiger partial charge in [-0.15, -0.1) is 0 Å². The summed E-state index contributed by atoms with van der Waals surface area (Å²) in [6, 6.07) is 15.5. The van der Waals surface area contributed by atoms with Crippen molar-refractivity contribution in [3.8, 4) is 11.8 Å². The van der Waals surface area contributed by atoms with Gasteiger partial charge in [-0.05, 0) is 44.8 Å². The van der Waals surface area contributed by atoms with Crippen LogP contribution in [0.3, 0.4) is 0 Å². The summed E-state index contributed by atoms with van der Waals surface area (Å²) in [4.78, 5) is 17.9. The Kier molecular flexibility index (Phi) is 5.40. The van der Waals surface area contributed by atoms with Crippen molar-refractivity contribution in [3.63, 3.8) is 0 Å². The highest BCUT2D eigenvalue weighted by molar-refractivity contribution is 6.05. The summed E-state index contributed by atoms with van der Waals surface area (Å²) in [5, 5.41) is 0.845. The highest BCUT2D eigenvalue weighted by atomic mass is 16.5.